The molecule has 0 N–H and O–H groups in total. The van der Waals surface area contributed by atoms with Crippen molar-refractivity contribution < 1.29 is 4.79 Å². The average Bonchev–Trinajstić information content (AvgIpc) is 3.10. The van der Waals surface area contributed by atoms with Crippen LogP contribution in [0.1, 0.15) is 21.6 Å². The average molecular weight is 366 g/mol. The lowest BCUT2D eigenvalue weighted by Crippen LogP contribution is -2.29. The van der Waals surface area contributed by atoms with Crippen LogP contribution in [0.2, 0.25) is 0 Å². The SMILES string of the molecule is Cc1cccc(N2Cc3c(-c4ccccc4)nnn3-c3ccccc3C2=O)c1. The zero-order valence-electron chi connectivity index (χ0n) is 15.4. The van der Waals surface area contributed by atoms with Gasteiger partial charge < -0.3 is 4.90 Å². The van der Waals surface area contributed by atoms with Crippen molar-refractivity contribution in [3.63, 3.8) is 0 Å². The van der Waals surface area contributed by atoms with E-state index in [1.54, 1.807) is 9.58 Å². The third-order valence-corrected chi connectivity index (χ3v) is 5.04. The molecular weight excluding hydrogens is 348 g/mol. The minimum atomic E-state index is -0.0364. The van der Waals surface area contributed by atoms with Crippen molar-refractivity contribution >= 4 is 11.6 Å². The van der Waals surface area contributed by atoms with Crippen LogP contribution < -0.4 is 4.90 Å². The van der Waals surface area contributed by atoms with Crippen LogP contribution in [0.4, 0.5) is 5.69 Å². The molecular formula is C23H18N4O. The van der Waals surface area contributed by atoms with Gasteiger partial charge in [0.05, 0.1) is 23.5 Å². The van der Waals surface area contributed by atoms with E-state index in [0.717, 1.165) is 33.9 Å². The van der Waals surface area contributed by atoms with Crippen LogP contribution in [-0.2, 0) is 6.54 Å². The number of rotatable bonds is 2. The Morgan fingerprint density at radius 2 is 1.68 bits per heavy atom. The Hall–Kier alpha value is -3.73. The van der Waals surface area contributed by atoms with E-state index in [4.69, 9.17) is 0 Å². The van der Waals surface area contributed by atoms with E-state index in [9.17, 15) is 4.79 Å². The molecule has 0 unspecified atom stereocenters. The summed E-state index contributed by atoms with van der Waals surface area (Å²) in [5.41, 5.74) is 6.03. The second kappa shape index (κ2) is 6.46. The molecule has 5 heteroatoms. The summed E-state index contributed by atoms with van der Waals surface area (Å²) in [4.78, 5) is 15.2. The fraction of sp³-hybridized carbons (Fsp3) is 0.0870. The maximum absolute atomic E-state index is 13.4. The summed E-state index contributed by atoms with van der Waals surface area (Å²) in [6.45, 7) is 2.43. The van der Waals surface area contributed by atoms with Gasteiger partial charge in [0.2, 0.25) is 0 Å². The number of fused-ring (bicyclic) bond motifs is 3. The Morgan fingerprint density at radius 3 is 2.50 bits per heavy atom. The van der Waals surface area contributed by atoms with Gasteiger partial charge in [-0.05, 0) is 36.8 Å². The molecule has 1 amide bonds. The van der Waals surface area contributed by atoms with Gasteiger partial charge in [-0.3, -0.25) is 4.79 Å². The second-order valence-electron chi connectivity index (χ2n) is 6.91. The molecule has 0 saturated heterocycles. The monoisotopic (exact) mass is 366 g/mol. The standard InChI is InChI=1S/C23H18N4O/c1-16-8-7-11-18(14-16)26-15-21-22(17-9-3-2-4-10-17)24-25-27(21)20-13-6-5-12-19(20)23(26)28/h2-14H,15H2,1H3. The van der Waals surface area contributed by atoms with Gasteiger partial charge in [0, 0.05) is 11.3 Å². The van der Waals surface area contributed by atoms with Crippen molar-refractivity contribution in [2.24, 2.45) is 0 Å². The molecule has 0 saturated carbocycles. The number of amides is 1. The number of carbonyl (C=O) groups is 1. The Kier molecular flexibility index (Phi) is 3.79. The van der Waals surface area contributed by atoms with E-state index in [0.29, 0.717) is 12.1 Å². The van der Waals surface area contributed by atoms with Gasteiger partial charge in [0.25, 0.3) is 5.91 Å². The largest absolute Gasteiger partial charge is 0.302 e. The molecule has 5 nitrogen and oxygen atoms in total. The lowest BCUT2D eigenvalue weighted by molar-refractivity contribution is 0.0986. The number of aryl methyl sites for hydroxylation is 1. The Bertz CT molecular complexity index is 1180. The highest BCUT2D eigenvalue weighted by Crippen LogP contribution is 2.32. The first-order chi connectivity index (χ1) is 13.7. The van der Waals surface area contributed by atoms with Crippen molar-refractivity contribution in [2.75, 3.05) is 4.90 Å². The lowest BCUT2D eigenvalue weighted by Gasteiger charge is -2.21. The number of carbonyl (C=O) groups excluding carboxylic acids is 1. The molecule has 0 fully saturated rings. The first-order valence-electron chi connectivity index (χ1n) is 9.20. The van der Waals surface area contributed by atoms with E-state index in [2.05, 4.69) is 10.3 Å². The number of hydrogen-bond acceptors (Lipinski definition) is 3. The van der Waals surface area contributed by atoms with Gasteiger partial charge in [0.15, 0.2) is 0 Å². The predicted octanol–water partition coefficient (Wildman–Crippen LogP) is 4.40. The number of aromatic nitrogens is 3. The van der Waals surface area contributed by atoms with Crippen LogP contribution in [0.15, 0.2) is 78.9 Å². The molecule has 2 heterocycles. The summed E-state index contributed by atoms with van der Waals surface area (Å²) in [6.07, 6.45) is 0. The topological polar surface area (TPSA) is 51.0 Å². The highest BCUT2D eigenvalue weighted by atomic mass is 16.2. The lowest BCUT2D eigenvalue weighted by atomic mass is 10.1. The van der Waals surface area contributed by atoms with Crippen LogP contribution in [0.3, 0.4) is 0 Å². The van der Waals surface area contributed by atoms with Gasteiger partial charge in [0.1, 0.15) is 5.69 Å². The summed E-state index contributed by atoms with van der Waals surface area (Å²) in [7, 11) is 0. The smallest absolute Gasteiger partial charge is 0.260 e. The number of hydrogen-bond donors (Lipinski definition) is 0. The highest BCUT2D eigenvalue weighted by Gasteiger charge is 2.30. The van der Waals surface area contributed by atoms with E-state index in [-0.39, 0.29) is 5.91 Å². The minimum absolute atomic E-state index is 0.0364. The third-order valence-electron chi connectivity index (χ3n) is 5.04. The van der Waals surface area contributed by atoms with Gasteiger partial charge in [-0.15, -0.1) is 5.10 Å². The van der Waals surface area contributed by atoms with Gasteiger partial charge >= 0.3 is 0 Å². The Balaban J connectivity index is 1.74. The third kappa shape index (κ3) is 2.60. The molecule has 0 aliphatic carbocycles. The summed E-state index contributed by atoms with van der Waals surface area (Å²) in [6, 6.07) is 25.5. The van der Waals surface area contributed by atoms with Crippen molar-refractivity contribution in [2.45, 2.75) is 13.5 Å². The fourth-order valence-electron chi connectivity index (χ4n) is 3.67. The van der Waals surface area contributed by atoms with Crippen LogP contribution in [-0.4, -0.2) is 20.9 Å². The number of benzene rings is 3. The molecule has 136 valence electrons. The molecule has 1 aliphatic rings. The van der Waals surface area contributed by atoms with Crippen LogP contribution in [0.25, 0.3) is 16.9 Å². The van der Waals surface area contributed by atoms with Crippen LogP contribution in [0, 0.1) is 6.92 Å². The van der Waals surface area contributed by atoms with Gasteiger partial charge in [-0.1, -0.05) is 59.8 Å². The number of nitrogens with zero attached hydrogens (tertiary/aromatic N) is 4. The van der Waals surface area contributed by atoms with E-state index in [1.165, 1.54) is 0 Å². The Labute approximate surface area is 162 Å². The predicted molar refractivity (Wildman–Crippen MR) is 108 cm³/mol. The Morgan fingerprint density at radius 1 is 0.893 bits per heavy atom. The molecule has 5 rings (SSSR count). The first-order valence-corrected chi connectivity index (χ1v) is 9.20. The molecule has 0 spiro atoms. The minimum Gasteiger partial charge on any atom is -0.302 e. The number of anilines is 1. The first kappa shape index (κ1) is 16.4. The van der Waals surface area contributed by atoms with Crippen LogP contribution in [0.5, 0.6) is 0 Å². The summed E-state index contributed by atoms with van der Waals surface area (Å²) < 4.78 is 1.80. The highest BCUT2D eigenvalue weighted by molar-refractivity contribution is 6.09. The summed E-state index contributed by atoms with van der Waals surface area (Å²) >= 11 is 0. The maximum Gasteiger partial charge on any atom is 0.260 e. The molecule has 0 atom stereocenters. The molecule has 3 aromatic carbocycles. The summed E-state index contributed by atoms with van der Waals surface area (Å²) in [5.74, 6) is -0.0364. The zero-order chi connectivity index (χ0) is 19.1. The normalized spacial score (nSPS) is 13.0. The maximum atomic E-state index is 13.4. The molecule has 0 bridgehead atoms. The van der Waals surface area contributed by atoms with E-state index < -0.39 is 0 Å². The fourth-order valence-corrected chi connectivity index (χ4v) is 3.67. The van der Waals surface area contributed by atoms with Crippen molar-refractivity contribution in [3.8, 4) is 16.9 Å². The van der Waals surface area contributed by atoms with E-state index in [1.807, 2.05) is 85.8 Å². The molecule has 1 aromatic heterocycles. The van der Waals surface area contributed by atoms with Gasteiger partial charge in [-0.2, -0.15) is 0 Å². The molecule has 28 heavy (non-hydrogen) atoms. The quantitative estimate of drug-likeness (QED) is 0.528. The number of para-hydroxylation sites is 1. The summed E-state index contributed by atoms with van der Waals surface area (Å²) in [5, 5.41) is 8.86. The van der Waals surface area contributed by atoms with Crippen LogP contribution >= 0.6 is 0 Å². The molecule has 4 aromatic rings. The van der Waals surface area contributed by atoms with E-state index >= 15 is 0 Å². The zero-order valence-corrected chi connectivity index (χ0v) is 15.4. The van der Waals surface area contributed by atoms with Gasteiger partial charge in [-0.25, -0.2) is 4.68 Å². The van der Waals surface area contributed by atoms with Crippen molar-refractivity contribution in [1.82, 2.24) is 15.0 Å². The van der Waals surface area contributed by atoms with Crippen molar-refractivity contribution in [3.05, 3.63) is 95.7 Å². The molecule has 1 aliphatic heterocycles. The molecule has 0 radical (unpaired) electrons. The second-order valence-corrected chi connectivity index (χ2v) is 6.91. The van der Waals surface area contributed by atoms with Crippen molar-refractivity contribution in [1.29, 1.82) is 0 Å².